The highest BCUT2D eigenvalue weighted by Gasteiger charge is 2.15. The van der Waals surface area contributed by atoms with Crippen molar-refractivity contribution in [3.05, 3.63) is 117 Å². The minimum absolute atomic E-state index is 0.182. The topological polar surface area (TPSA) is 65.1 Å². The zero-order valence-corrected chi connectivity index (χ0v) is 19.1. The van der Waals surface area contributed by atoms with Crippen molar-refractivity contribution in [3.63, 3.8) is 0 Å². The first kappa shape index (κ1) is 20.3. The summed E-state index contributed by atoms with van der Waals surface area (Å²) < 4.78 is 3.80. The van der Waals surface area contributed by atoms with Gasteiger partial charge >= 0.3 is 0 Å². The standard InChI is InChI=1S/C27H19N5OS/c1-18-10-8-9-15-22(18)25-28-27-32(30-25)26(33)23(34-27)16-20-17-31(21-13-6-3-7-14-21)29-24(20)19-11-4-2-5-12-19/h2-17H,1H3/b23-16-. The Morgan fingerprint density at radius 1 is 0.853 bits per heavy atom. The van der Waals surface area contributed by atoms with E-state index in [9.17, 15) is 4.79 Å². The molecule has 0 spiro atoms. The maximum absolute atomic E-state index is 13.2. The van der Waals surface area contributed by atoms with Gasteiger partial charge in [0, 0.05) is 22.9 Å². The van der Waals surface area contributed by atoms with Gasteiger partial charge in [0.25, 0.3) is 5.56 Å². The number of para-hydroxylation sites is 1. The van der Waals surface area contributed by atoms with Crippen molar-refractivity contribution in [2.45, 2.75) is 6.92 Å². The van der Waals surface area contributed by atoms with Gasteiger partial charge in [0.2, 0.25) is 4.96 Å². The van der Waals surface area contributed by atoms with Crippen LogP contribution < -0.4 is 10.1 Å². The molecule has 3 aromatic heterocycles. The summed E-state index contributed by atoms with van der Waals surface area (Å²) in [5.74, 6) is 0.565. The normalized spacial score (nSPS) is 12.0. The first-order valence-corrected chi connectivity index (χ1v) is 11.7. The van der Waals surface area contributed by atoms with Gasteiger partial charge in [0.15, 0.2) is 5.82 Å². The number of nitrogens with zero attached hydrogens (tertiary/aromatic N) is 5. The van der Waals surface area contributed by atoms with Gasteiger partial charge in [0.05, 0.1) is 15.9 Å². The maximum atomic E-state index is 13.2. The van der Waals surface area contributed by atoms with Crippen LogP contribution in [0, 0.1) is 6.92 Å². The molecule has 3 heterocycles. The molecule has 0 fully saturated rings. The van der Waals surface area contributed by atoms with Gasteiger partial charge in [-0.05, 0) is 30.7 Å². The third-order valence-electron chi connectivity index (χ3n) is 5.66. The van der Waals surface area contributed by atoms with Crippen LogP contribution >= 0.6 is 11.3 Å². The molecule has 3 aromatic carbocycles. The average Bonchev–Trinajstić information content (AvgIpc) is 3.56. The Kier molecular flexibility index (Phi) is 4.89. The van der Waals surface area contributed by atoms with E-state index in [-0.39, 0.29) is 5.56 Å². The fourth-order valence-electron chi connectivity index (χ4n) is 3.94. The van der Waals surface area contributed by atoms with Crippen LogP contribution in [-0.2, 0) is 0 Å². The fourth-order valence-corrected chi connectivity index (χ4v) is 4.84. The summed E-state index contributed by atoms with van der Waals surface area (Å²) in [6.07, 6.45) is 3.83. The molecule has 0 atom stereocenters. The summed E-state index contributed by atoms with van der Waals surface area (Å²) in [5, 5.41) is 9.33. The molecule has 0 aliphatic carbocycles. The molecular formula is C27H19N5OS. The van der Waals surface area contributed by atoms with E-state index in [4.69, 9.17) is 5.10 Å². The molecule has 0 N–H and O–H groups in total. The summed E-state index contributed by atoms with van der Waals surface area (Å²) in [7, 11) is 0. The number of fused-ring (bicyclic) bond motifs is 1. The molecule has 164 valence electrons. The van der Waals surface area contributed by atoms with Crippen LogP contribution in [0.15, 0.2) is 95.9 Å². The van der Waals surface area contributed by atoms with Gasteiger partial charge in [0.1, 0.15) is 0 Å². The van der Waals surface area contributed by atoms with Gasteiger partial charge in [-0.3, -0.25) is 4.79 Å². The van der Waals surface area contributed by atoms with Crippen molar-refractivity contribution >= 4 is 22.4 Å². The van der Waals surface area contributed by atoms with E-state index in [1.807, 2.05) is 109 Å². The Labute approximate surface area is 199 Å². The monoisotopic (exact) mass is 461 g/mol. The van der Waals surface area contributed by atoms with E-state index in [0.29, 0.717) is 15.3 Å². The molecule has 0 aliphatic rings. The molecule has 0 aliphatic heterocycles. The second-order valence-corrected chi connectivity index (χ2v) is 8.95. The van der Waals surface area contributed by atoms with Crippen LogP contribution in [0.3, 0.4) is 0 Å². The summed E-state index contributed by atoms with van der Waals surface area (Å²) in [4.78, 5) is 18.4. The van der Waals surface area contributed by atoms with E-state index in [1.54, 1.807) is 0 Å². The van der Waals surface area contributed by atoms with E-state index in [1.165, 1.54) is 15.9 Å². The summed E-state index contributed by atoms with van der Waals surface area (Å²) >= 11 is 1.33. The number of hydrogen-bond donors (Lipinski definition) is 0. The number of hydrogen-bond acceptors (Lipinski definition) is 5. The van der Waals surface area contributed by atoms with Crippen LogP contribution in [0.2, 0.25) is 0 Å². The molecule has 0 amide bonds. The molecule has 6 aromatic rings. The van der Waals surface area contributed by atoms with Crippen LogP contribution in [0.5, 0.6) is 0 Å². The second-order valence-electron chi connectivity index (χ2n) is 7.94. The van der Waals surface area contributed by atoms with Gasteiger partial charge in [-0.25, -0.2) is 4.68 Å². The SMILES string of the molecule is Cc1ccccc1-c1nc2s/c(=C\c3cn(-c4ccccc4)nc3-c3ccccc3)c(=O)n2n1. The number of rotatable bonds is 4. The van der Waals surface area contributed by atoms with Crippen LogP contribution in [0.25, 0.3) is 39.4 Å². The minimum Gasteiger partial charge on any atom is -0.266 e. The quantitative estimate of drug-likeness (QED) is 0.387. The Morgan fingerprint density at radius 2 is 1.56 bits per heavy atom. The van der Waals surface area contributed by atoms with Crippen molar-refractivity contribution in [1.82, 2.24) is 24.4 Å². The predicted molar refractivity (Wildman–Crippen MR) is 135 cm³/mol. The molecule has 7 heteroatoms. The Morgan fingerprint density at radius 3 is 2.29 bits per heavy atom. The zero-order chi connectivity index (χ0) is 23.1. The van der Waals surface area contributed by atoms with Gasteiger partial charge in [-0.15, -0.1) is 5.10 Å². The molecule has 0 saturated heterocycles. The molecule has 0 bridgehead atoms. The average molecular weight is 462 g/mol. The summed E-state index contributed by atoms with van der Waals surface area (Å²) in [6.45, 7) is 2.01. The van der Waals surface area contributed by atoms with Crippen molar-refractivity contribution in [3.8, 4) is 28.3 Å². The van der Waals surface area contributed by atoms with Crippen molar-refractivity contribution < 1.29 is 0 Å². The van der Waals surface area contributed by atoms with Crippen molar-refractivity contribution in [2.24, 2.45) is 0 Å². The molecule has 34 heavy (non-hydrogen) atoms. The first-order chi connectivity index (χ1) is 16.7. The van der Waals surface area contributed by atoms with Gasteiger partial charge in [-0.1, -0.05) is 84.1 Å². The Balaban J connectivity index is 1.50. The highest BCUT2D eigenvalue weighted by atomic mass is 32.1. The highest BCUT2D eigenvalue weighted by molar-refractivity contribution is 7.15. The Bertz CT molecular complexity index is 1730. The lowest BCUT2D eigenvalue weighted by Crippen LogP contribution is -2.23. The smallest absolute Gasteiger partial charge is 0.266 e. The van der Waals surface area contributed by atoms with Crippen molar-refractivity contribution in [2.75, 3.05) is 0 Å². The third kappa shape index (κ3) is 3.52. The van der Waals surface area contributed by atoms with Crippen molar-refractivity contribution in [1.29, 1.82) is 0 Å². The number of aromatic nitrogens is 5. The lowest BCUT2D eigenvalue weighted by atomic mass is 10.1. The third-order valence-corrected chi connectivity index (χ3v) is 6.62. The first-order valence-electron chi connectivity index (χ1n) is 10.9. The summed E-state index contributed by atoms with van der Waals surface area (Å²) in [6, 6.07) is 27.8. The zero-order valence-electron chi connectivity index (χ0n) is 18.3. The van der Waals surface area contributed by atoms with E-state index < -0.39 is 0 Å². The Hall–Kier alpha value is -4.36. The molecular weight excluding hydrogens is 442 g/mol. The van der Waals surface area contributed by atoms with E-state index >= 15 is 0 Å². The van der Waals surface area contributed by atoms with Crippen LogP contribution in [0.4, 0.5) is 0 Å². The molecule has 6 rings (SSSR count). The number of benzene rings is 3. The summed E-state index contributed by atoms with van der Waals surface area (Å²) in [5.41, 5.74) is 5.42. The van der Waals surface area contributed by atoms with E-state index in [0.717, 1.165) is 33.6 Å². The number of aryl methyl sites for hydroxylation is 1. The molecule has 6 nitrogen and oxygen atoms in total. The molecule has 0 radical (unpaired) electrons. The second kappa shape index (κ2) is 8.20. The predicted octanol–water partition coefficient (Wildman–Crippen LogP) is 4.53. The minimum atomic E-state index is -0.182. The van der Waals surface area contributed by atoms with Crippen LogP contribution in [0.1, 0.15) is 11.1 Å². The molecule has 0 saturated carbocycles. The highest BCUT2D eigenvalue weighted by Crippen LogP contribution is 2.25. The lowest BCUT2D eigenvalue weighted by molar-refractivity contribution is 0.884. The molecule has 0 unspecified atom stereocenters. The van der Waals surface area contributed by atoms with Gasteiger partial charge < -0.3 is 0 Å². The number of thiazole rings is 1. The van der Waals surface area contributed by atoms with Gasteiger partial charge in [-0.2, -0.15) is 14.6 Å². The largest absolute Gasteiger partial charge is 0.291 e. The fraction of sp³-hybridized carbons (Fsp3) is 0.0370. The maximum Gasteiger partial charge on any atom is 0.291 e. The van der Waals surface area contributed by atoms with E-state index in [2.05, 4.69) is 10.1 Å². The van der Waals surface area contributed by atoms with Crippen LogP contribution in [-0.4, -0.2) is 24.4 Å². The lowest BCUT2D eigenvalue weighted by Gasteiger charge is -2.00.